The first-order chi connectivity index (χ1) is 7.99. The number of nitrogens with one attached hydrogen (secondary N) is 1. The van der Waals surface area contributed by atoms with Crippen LogP contribution in [0.4, 0.5) is 0 Å². The molecular formula is C14H29NOS. The third kappa shape index (κ3) is 4.80. The van der Waals surface area contributed by atoms with Crippen LogP contribution in [0.2, 0.25) is 0 Å². The van der Waals surface area contributed by atoms with E-state index in [2.05, 4.69) is 37.8 Å². The monoisotopic (exact) mass is 259 g/mol. The first-order valence-corrected chi connectivity index (χ1v) is 7.88. The SMILES string of the molecule is CNC(CSC1CCCC(C)C1)C(C)(C)OC. The lowest BCUT2D eigenvalue weighted by Crippen LogP contribution is -2.48. The molecule has 1 rings (SSSR count). The maximum Gasteiger partial charge on any atom is 0.0782 e. The Morgan fingerprint density at radius 3 is 2.65 bits per heavy atom. The lowest BCUT2D eigenvalue weighted by atomic mass is 9.91. The standard InChI is InChI=1S/C14H29NOS/c1-11-7-6-8-12(9-11)17-10-13(15-4)14(2,3)16-5/h11-13,15H,6-10H2,1-5H3. The van der Waals surface area contributed by atoms with Gasteiger partial charge in [0.25, 0.3) is 0 Å². The summed E-state index contributed by atoms with van der Waals surface area (Å²) in [6.07, 6.45) is 5.64. The van der Waals surface area contributed by atoms with E-state index in [0.29, 0.717) is 6.04 Å². The van der Waals surface area contributed by atoms with Crippen molar-refractivity contribution in [3.8, 4) is 0 Å². The maximum absolute atomic E-state index is 5.58. The number of likely N-dealkylation sites (N-methyl/N-ethyl adjacent to an activating group) is 1. The Kier molecular flexibility index (Phi) is 6.32. The van der Waals surface area contributed by atoms with Crippen LogP contribution in [0.3, 0.4) is 0 Å². The Labute approximate surface area is 111 Å². The van der Waals surface area contributed by atoms with Crippen LogP contribution in [0.5, 0.6) is 0 Å². The summed E-state index contributed by atoms with van der Waals surface area (Å²) >= 11 is 2.13. The van der Waals surface area contributed by atoms with Gasteiger partial charge < -0.3 is 10.1 Å². The highest BCUT2D eigenvalue weighted by molar-refractivity contribution is 7.99. The highest BCUT2D eigenvalue weighted by atomic mass is 32.2. The van der Waals surface area contributed by atoms with Crippen molar-refractivity contribution in [2.75, 3.05) is 19.9 Å². The molecule has 0 aromatic heterocycles. The van der Waals surface area contributed by atoms with E-state index in [4.69, 9.17) is 4.74 Å². The van der Waals surface area contributed by atoms with E-state index in [1.807, 2.05) is 7.05 Å². The van der Waals surface area contributed by atoms with E-state index < -0.39 is 0 Å². The van der Waals surface area contributed by atoms with Gasteiger partial charge in [0, 0.05) is 24.2 Å². The van der Waals surface area contributed by atoms with Gasteiger partial charge in [-0.3, -0.25) is 0 Å². The number of hydrogen-bond donors (Lipinski definition) is 1. The highest BCUT2D eigenvalue weighted by Gasteiger charge is 2.29. The van der Waals surface area contributed by atoms with Gasteiger partial charge in [0.05, 0.1) is 5.60 Å². The number of rotatable bonds is 6. The number of methoxy groups -OCH3 is 1. The quantitative estimate of drug-likeness (QED) is 0.791. The Hall–Kier alpha value is 0.270. The van der Waals surface area contributed by atoms with Crippen molar-refractivity contribution in [3.63, 3.8) is 0 Å². The van der Waals surface area contributed by atoms with Gasteiger partial charge >= 0.3 is 0 Å². The summed E-state index contributed by atoms with van der Waals surface area (Å²) < 4.78 is 5.58. The summed E-state index contributed by atoms with van der Waals surface area (Å²) in [7, 11) is 3.84. The molecule has 1 aliphatic carbocycles. The smallest absolute Gasteiger partial charge is 0.0782 e. The van der Waals surface area contributed by atoms with E-state index >= 15 is 0 Å². The molecule has 3 unspecified atom stereocenters. The number of thioether (sulfide) groups is 1. The second-order valence-corrected chi connectivity index (χ2v) is 7.21. The molecule has 0 amide bonds. The molecule has 1 fully saturated rings. The van der Waals surface area contributed by atoms with Gasteiger partial charge in [-0.1, -0.05) is 19.8 Å². The zero-order valence-corrected chi connectivity index (χ0v) is 12.9. The largest absolute Gasteiger partial charge is 0.377 e. The van der Waals surface area contributed by atoms with Crippen LogP contribution in [-0.2, 0) is 4.74 Å². The van der Waals surface area contributed by atoms with Crippen molar-refractivity contribution in [1.82, 2.24) is 5.32 Å². The fourth-order valence-electron chi connectivity index (χ4n) is 2.54. The van der Waals surface area contributed by atoms with Crippen LogP contribution in [0.25, 0.3) is 0 Å². The molecule has 0 radical (unpaired) electrons. The predicted octanol–water partition coefficient (Wildman–Crippen LogP) is 3.31. The summed E-state index contributed by atoms with van der Waals surface area (Å²) in [4.78, 5) is 0. The number of hydrogen-bond acceptors (Lipinski definition) is 3. The normalized spacial score (nSPS) is 28.1. The summed E-state index contributed by atoms with van der Waals surface area (Å²) in [5, 5.41) is 4.26. The molecule has 0 bridgehead atoms. The van der Waals surface area contributed by atoms with Crippen molar-refractivity contribution in [2.45, 2.75) is 63.3 Å². The minimum Gasteiger partial charge on any atom is -0.377 e. The molecule has 0 saturated heterocycles. The summed E-state index contributed by atoms with van der Waals surface area (Å²) in [6.45, 7) is 6.72. The van der Waals surface area contributed by atoms with E-state index in [9.17, 15) is 0 Å². The molecule has 3 atom stereocenters. The van der Waals surface area contributed by atoms with Crippen LogP contribution in [-0.4, -0.2) is 36.8 Å². The Morgan fingerprint density at radius 2 is 2.12 bits per heavy atom. The maximum atomic E-state index is 5.58. The molecule has 0 spiro atoms. The zero-order valence-electron chi connectivity index (χ0n) is 12.1. The van der Waals surface area contributed by atoms with E-state index in [1.165, 1.54) is 25.7 Å². The van der Waals surface area contributed by atoms with Crippen LogP contribution in [0.15, 0.2) is 0 Å². The van der Waals surface area contributed by atoms with Crippen molar-refractivity contribution < 1.29 is 4.74 Å². The molecule has 0 heterocycles. The van der Waals surface area contributed by atoms with Crippen molar-refractivity contribution in [2.24, 2.45) is 5.92 Å². The molecule has 102 valence electrons. The molecule has 0 aliphatic heterocycles. The van der Waals surface area contributed by atoms with Gasteiger partial charge in [-0.2, -0.15) is 11.8 Å². The van der Waals surface area contributed by atoms with Gasteiger partial charge in [0.1, 0.15) is 0 Å². The first kappa shape index (κ1) is 15.3. The first-order valence-electron chi connectivity index (χ1n) is 6.83. The average Bonchev–Trinajstić information content (AvgIpc) is 2.29. The molecule has 17 heavy (non-hydrogen) atoms. The molecule has 0 aromatic rings. The highest BCUT2D eigenvalue weighted by Crippen LogP contribution is 2.33. The van der Waals surface area contributed by atoms with E-state index in [-0.39, 0.29) is 5.60 Å². The van der Waals surface area contributed by atoms with Gasteiger partial charge in [-0.15, -0.1) is 0 Å². The topological polar surface area (TPSA) is 21.3 Å². The lowest BCUT2D eigenvalue weighted by Gasteiger charge is -2.34. The minimum absolute atomic E-state index is 0.0813. The van der Waals surface area contributed by atoms with Gasteiger partial charge in [0.2, 0.25) is 0 Å². The van der Waals surface area contributed by atoms with Gasteiger partial charge in [-0.05, 0) is 39.7 Å². The second kappa shape index (κ2) is 7.01. The molecule has 1 N–H and O–H groups in total. The molecule has 2 nitrogen and oxygen atoms in total. The van der Waals surface area contributed by atoms with Crippen LogP contribution in [0, 0.1) is 5.92 Å². The summed E-state index contributed by atoms with van der Waals surface area (Å²) in [5.41, 5.74) is -0.0813. The Morgan fingerprint density at radius 1 is 1.41 bits per heavy atom. The molecule has 1 saturated carbocycles. The molecular weight excluding hydrogens is 230 g/mol. The molecule has 3 heteroatoms. The number of ether oxygens (including phenoxy) is 1. The minimum atomic E-state index is -0.0813. The van der Waals surface area contributed by atoms with Crippen molar-refractivity contribution >= 4 is 11.8 Å². The summed E-state index contributed by atoms with van der Waals surface area (Å²) in [6, 6.07) is 0.426. The predicted molar refractivity (Wildman–Crippen MR) is 77.8 cm³/mol. The Balaban J connectivity index is 2.37. The third-order valence-electron chi connectivity index (χ3n) is 4.10. The average molecular weight is 259 g/mol. The van der Waals surface area contributed by atoms with Gasteiger partial charge in [0.15, 0.2) is 0 Å². The molecule has 1 aliphatic rings. The lowest BCUT2D eigenvalue weighted by molar-refractivity contribution is -0.00159. The zero-order chi connectivity index (χ0) is 12.9. The van der Waals surface area contributed by atoms with Crippen LogP contribution in [0.1, 0.15) is 46.5 Å². The van der Waals surface area contributed by atoms with Gasteiger partial charge in [-0.25, -0.2) is 0 Å². The van der Waals surface area contributed by atoms with E-state index in [1.54, 1.807) is 7.11 Å². The second-order valence-electron chi connectivity index (χ2n) is 5.88. The Bertz CT molecular complexity index is 220. The fourth-order valence-corrected chi connectivity index (χ4v) is 4.37. The summed E-state index contributed by atoms with van der Waals surface area (Å²) in [5.74, 6) is 2.07. The van der Waals surface area contributed by atoms with Crippen LogP contribution >= 0.6 is 11.8 Å². The van der Waals surface area contributed by atoms with E-state index in [0.717, 1.165) is 16.9 Å². The van der Waals surface area contributed by atoms with Crippen molar-refractivity contribution in [1.29, 1.82) is 0 Å². The fraction of sp³-hybridized carbons (Fsp3) is 1.00. The molecule has 0 aromatic carbocycles. The van der Waals surface area contributed by atoms with Crippen LogP contribution < -0.4 is 5.32 Å². The van der Waals surface area contributed by atoms with Crippen molar-refractivity contribution in [3.05, 3.63) is 0 Å². The third-order valence-corrected chi connectivity index (χ3v) is 5.53.